The average molecular weight is 259 g/mol. The summed E-state index contributed by atoms with van der Waals surface area (Å²) in [6.07, 6.45) is 1.24. The van der Waals surface area contributed by atoms with Crippen molar-refractivity contribution in [2.45, 2.75) is 0 Å². The summed E-state index contributed by atoms with van der Waals surface area (Å²) in [6.45, 7) is 0. The fraction of sp³-hybridized carbons (Fsp3) is 0.154. The molecule has 0 spiro atoms. The molecule has 0 bridgehead atoms. The van der Waals surface area contributed by atoms with E-state index in [0.29, 0.717) is 11.6 Å². The second-order valence-electron chi connectivity index (χ2n) is 3.86. The third-order valence-electron chi connectivity index (χ3n) is 2.73. The molecule has 0 saturated heterocycles. The van der Waals surface area contributed by atoms with Crippen LogP contribution >= 0.6 is 0 Å². The first-order valence-corrected chi connectivity index (χ1v) is 5.60. The molecule has 0 radical (unpaired) electrons. The molecule has 1 aromatic heterocycles. The number of hydrogen-bond donors (Lipinski definition) is 0. The predicted octanol–water partition coefficient (Wildman–Crippen LogP) is 2.77. The van der Waals surface area contributed by atoms with Gasteiger partial charge in [0.1, 0.15) is 17.8 Å². The molecular formula is C13H13N3O3. The number of anilines is 2. The number of aromatic nitrogens is 1. The molecular weight excluding hydrogens is 246 g/mol. The molecule has 0 saturated carbocycles. The molecule has 2 rings (SSSR count). The standard InChI is InChI=1S/C13H13N3O3/c1-15(11-5-3-4-6-12(11)19-2)13-8-7-10(9-14-13)16(17)18/h3-9H,1-2H3. The van der Waals surface area contributed by atoms with E-state index in [-0.39, 0.29) is 5.69 Å². The molecule has 98 valence electrons. The van der Waals surface area contributed by atoms with Crippen LogP contribution in [-0.4, -0.2) is 24.1 Å². The van der Waals surface area contributed by atoms with Gasteiger partial charge in [-0.15, -0.1) is 0 Å². The van der Waals surface area contributed by atoms with Crippen molar-refractivity contribution in [1.29, 1.82) is 0 Å². The van der Waals surface area contributed by atoms with Gasteiger partial charge >= 0.3 is 0 Å². The molecule has 0 aliphatic carbocycles. The van der Waals surface area contributed by atoms with Gasteiger partial charge in [0, 0.05) is 13.1 Å². The zero-order valence-corrected chi connectivity index (χ0v) is 10.6. The molecule has 2 aromatic rings. The molecule has 1 aromatic carbocycles. The average Bonchev–Trinajstić information content (AvgIpc) is 2.46. The van der Waals surface area contributed by atoms with Crippen molar-refractivity contribution >= 4 is 17.2 Å². The quantitative estimate of drug-likeness (QED) is 0.623. The molecule has 6 nitrogen and oxygen atoms in total. The lowest BCUT2D eigenvalue weighted by atomic mass is 10.2. The summed E-state index contributed by atoms with van der Waals surface area (Å²) in [6, 6.07) is 10.5. The Balaban J connectivity index is 2.33. The van der Waals surface area contributed by atoms with Gasteiger partial charge in [-0.2, -0.15) is 0 Å². The Morgan fingerprint density at radius 2 is 2.00 bits per heavy atom. The first-order chi connectivity index (χ1) is 9.13. The lowest BCUT2D eigenvalue weighted by Gasteiger charge is -2.20. The third-order valence-corrected chi connectivity index (χ3v) is 2.73. The normalized spacial score (nSPS) is 10.0. The van der Waals surface area contributed by atoms with Crippen LogP contribution in [0.15, 0.2) is 42.6 Å². The number of methoxy groups -OCH3 is 1. The van der Waals surface area contributed by atoms with Gasteiger partial charge in [0.25, 0.3) is 5.69 Å². The summed E-state index contributed by atoms with van der Waals surface area (Å²) >= 11 is 0. The highest BCUT2D eigenvalue weighted by molar-refractivity contribution is 5.66. The Bertz CT molecular complexity index is 584. The van der Waals surface area contributed by atoms with Crippen molar-refractivity contribution in [3.63, 3.8) is 0 Å². The van der Waals surface area contributed by atoms with Crippen LogP contribution < -0.4 is 9.64 Å². The molecule has 19 heavy (non-hydrogen) atoms. The number of nitro groups is 1. The van der Waals surface area contributed by atoms with Crippen LogP contribution in [0.3, 0.4) is 0 Å². The molecule has 0 atom stereocenters. The Morgan fingerprint density at radius 1 is 1.26 bits per heavy atom. The lowest BCUT2D eigenvalue weighted by Crippen LogP contribution is -2.12. The topological polar surface area (TPSA) is 68.5 Å². The second-order valence-corrected chi connectivity index (χ2v) is 3.86. The van der Waals surface area contributed by atoms with Crippen molar-refractivity contribution in [3.8, 4) is 5.75 Å². The molecule has 6 heteroatoms. The minimum absolute atomic E-state index is 0.0304. The SMILES string of the molecule is COc1ccccc1N(C)c1ccc([N+](=O)[O-])cn1. The Labute approximate surface area is 110 Å². The summed E-state index contributed by atoms with van der Waals surface area (Å²) < 4.78 is 5.27. The Morgan fingerprint density at radius 3 is 2.58 bits per heavy atom. The largest absolute Gasteiger partial charge is 0.495 e. The summed E-state index contributed by atoms with van der Waals surface area (Å²) in [5.74, 6) is 1.32. The smallest absolute Gasteiger partial charge is 0.287 e. The fourth-order valence-corrected chi connectivity index (χ4v) is 1.71. The number of rotatable bonds is 4. The van der Waals surface area contributed by atoms with Gasteiger partial charge in [-0.3, -0.25) is 10.1 Å². The molecule has 0 amide bonds. The van der Waals surface area contributed by atoms with E-state index >= 15 is 0 Å². The fourth-order valence-electron chi connectivity index (χ4n) is 1.71. The second kappa shape index (κ2) is 5.34. The van der Waals surface area contributed by atoms with E-state index in [4.69, 9.17) is 4.74 Å². The minimum Gasteiger partial charge on any atom is -0.495 e. The molecule has 0 N–H and O–H groups in total. The maximum Gasteiger partial charge on any atom is 0.287 e. The van der Waals surface area contributed by atoms with Crippen LogP contribution in [0.25, 0.3) is 0 Å². The summed E-state index contributed by atoms with van der Waals surface area (Å²) in [4.78, 5) is 16.0. The zero-order chi connectivity index (χ0) is 13.8. The van der Waals surface area contributed by atoms with Crippen molar-refractivity contribution in [1.82, 2.24) is 4.98 Å². The van der Waals surface area contributed by atoms with Crippen molar-refractivity contribution in [3.05, 3.63) is 52.7 Å². The number of hydrogen-bond acceptors (Lipinski definition) is 5. The first-order valence-electron chi connectivity index (χ1n) is 5.60. The predicted molar refractivity (Wildman–Crippen MR) is 71.9 cm³/mol. The maximum absolute atomic E-state index is 10.6. The van der Waals surface area contributed by atoms with Gasteiger partial charge in [-0.1, -0.05) is 12.1 Å². The van der Waals surface area contributed by atoms with Gasteiger partial charge in [0.05, 0.1) is 17.7 Å². The van der Waals surface area contributed by atoms with Gasteiger partial charge in [-0.05, 0) is 18.2 Å². The maximum atomic E-state index is 10.6. The third kappa shape index (κ3) is 2.62. The highest BCUT2D eigenvalue weighted by Crippen LogP contribution is 2.31. The monoisotopic (exact) mass is 259 g/mol. The molecule has 0 aliphatic heterocycles. The van der Waals surface area contributed by atoms with Crippen molar-refractivity contribution < 1.29 is 9.66 Å². The van der Waals surface area contributed by atoms with E-state index in [1.807, 2.05) is 36.2 Å². The molecule has 0 fully saturated rings. The Kier molecular flexibility index (Phi) is 3.61. The highest BCUT2D eigenvalue weighted by atomic mass is 16.6. The van der Waals surface area contributed by atoms with Crippen LogP contribution in [0, 0.1) is 10.1 Å². The number of benzene rings is 1. The summed E-state index contributed by atoms with van der Waals surface area (Å²) in [5, 5.41) is 10.6. The van der Waals surface area contributed by atoms with E-state index in [0.717, 1.165) is 5.69 Å². The Hall–Kier alpha value is -2.63. The van der Waals surface area contributed by atoms with Crippen LogP contribution in [0.2, 0.25) is 0 Å². The van der Waals surface area contributed by atoms with E-state index in [1.165, 1.54) is 12.3 Å². The minimum atomic E-state index is -0.472. The van der Waals surface area contributed by atoms with Crippen LogP contribution in [0.1, 0.15) is 0 Å². The van der Waals surface area contributed by atoms with Crippen molar-refractivity contribution in [2.75, 3.05) is 19.1 Å². The van der Waals surface area contributed by atoms with Crippen LogP contribution in [0.5, 0.6) is 5.75 Å². The van der Waals surface area contributed by atoms with Crippen molar-refractivity contribution in [2.24, 2.45) is 0 Å². The van der Waals surface area contributed by atoms with Crippen LogP contribution in [0.4, 0.5) is 17.2 Å². The van der Waals surface area contributed by atoms with E-state index < -0.39 is 4.92 Å². The van der Waals surface area contributed by atoms with Gasteiger partial charge in [0.15, 0.2) is 0 Å². The van der Waals surface area contributed by atoms with Gasteiger partial charge < -0.3 is 9.64 Å². The van der Waals surface area contributed by atoms with E-state index in [1.54, 1.807) is 13.2 Å². The van der Waals surface area contributed by atoms with Gasteiger partial charge in [0.2, 0.25) is 0 Å². The number of para-hydroxylation sites is 2. The zero-order valence-electron chi connectivity index (χ0n) is 10.6. The van der Waals surface area contributed by atoms with E-state index in [9.17, 15) is 10.1 Å². The number of nitrogens with zero attached hydrogens (tertiary/aromatic N) is 3. The first kappa shape index (κ1) is 12.8. The number of ether oxygens (including phenoxy) is 1. The highest BCUT2D eigenvalue weighted by Gasteiger charge is 2.12. The van der Waals surface area contributed by atoms with Crippen LogP contribution in [-0.2, 0) is 0 Å². The molecule has 0 aliphatic rings. The lowest BCUT2D eigenvalue weighted by molar-refractivity contribution is -0.385. The van der Waals surface area contributed by atoms with E-state index in [2.05, 4.69) is 4.98 Å². The number of pyridine rings is 1. The molecule has 1 heterocycles. The summed E-state index contributed by atoms with van der Waals surface area (Å²) in [7, 11) is 3.42. The summed E-state index contributed by atoms with van der Waals surface area (Å²) in [5.41, 5.74) is 0.809. The van der Waals surface area contributed by atoms with Gasteiger partial charge in [-0.25, -0.2) is 4.98 Å². The molecule has 0 unspecified atom stereocenters.